The van der Waals surface area contributed by atoms with Crippen molar-refractivity contribution in [2.24, 2.45) is 5.92 Å². The van der Waals surface area contributed by atoms with Crippen molar-refractivity contribution in [1.29, 1.82) is 0 Å². The standard InChI is InChI=1S/C25H30ClN3O3/c1-17(2)14-27-20-10-7-9-18(12-20)23-13-21(16-32-25(3,4)24(30)31)28-29(23)15-19-8-5-6-11-22(19)26/h5-13,17,27H,14-16H2,1-4H3,(H,30,31). The summed E-state index contributed by atoms with van der Waals surface area (Å²) in [6.07, 6.45) is 0. The quantitative estimate of drug-likeness (QED) is 0.410. The van der Waals surface area contributed by atoms with E-state index >= 15 is 0 Å². The van der Waals surface area contributed by atoms with Crippen LogP contribution in [0.5, 0.6) is 0 Å². The Morgan fingerprint density at radius 2 is 1.94 bits per heavy atom. The summed E-state index contributed by atoms with van der Waals surface area (Å²) in [6, 6.07) is 17.8. The van der Waals surface area contributed by atoms with E-state index in [4.69, 9.17) is 21.4 Å². The Balaban J connectivity index is 1.94. The van der Waals surface area contributed by atoms with Crippen LogP contribution < -0.4 is 5.32 Å². The molecule has 0 aliphatic carbocycles. The lowest BCUT2D eigenvalue weighted by molar-refractivity contribution is -0.162. The van der Waals surface area contributed by atoms with E-state index < -0.39 is 11.6 Å². The largest absolute Gasteiger partial charge is 0.479 e. The second-order valence-corrected chi connectivity index (χ2v) is 9.14. The van der Waals surface area contributed by atoms with E-state index in [1.165, 1.54) is 13.8 Å². The summed E-state index contributed by atoms with van der Waals surface area (Å²) < 4.78 is 7.51. The van der Waals surface area contributed by atoms with Gasteiger partial charge in [-0.3, -0.25) is 4.68 Å². The van der Waals surface area contributed by atoms with Gasteiger partial charge >= 0.3 is 5.97 Å². The number of rotatable bonds is 10. The fraction of sp³-hybridized carbons (Fsp3) is 0.360. The molecule has 2 aromatic carbocycles. The Hall–Kier alpha value is -2.83. The van der Waals surface area contributed by atoms with Gasteiger partial charge in [0.15, 0.2) is 5.60 Å². The SMILES string of the molecule is CC(C)CNc1cccc(-c2cc(COC(C)(C)C(=O)O)nn2Cc2ccccc2Cl)c1. The Bertz CT molecular complexity index is 1080. The Morgan fingerprint density at radius 1 is 1.19 bits per heavy atom. The average molecular weight is 456 g/mol. The van der Waals surface area contributed by atoms with E-state index in [0.29, 0.717) is 23.2 Å². The van der Waals surface area contributed by atoms with Crippen LogP contribution in [-0.2, 0) is 22.7 Å². The summed E-state index contributed by atoms with van der Waals surface area (Å²) in [4.78, 5) is 11.4. The smallest absolute Gasteiger partial charge is 0.335 e. The van der Waals surface area contributed by atoms with Crippen molar-refractivity contribution in [3.05, 3.63) is 70.9 Å². The van der Waals surface area contributed by atoms with Gasteiger partial charge in [0.1, 0.15) is 0 Å². The maximum Gasteiger partial charge on any atom is 0.335 e. The van der Waals surface area contributed by atoms with Gasteiger partial charge < -0.3 is 15.2 Å². The van der Waals surface area contributed by atoms with E-state index in [1.807, 2.05) is 53.2 Å². The molecule has 0 spiro atoms. The van der Waals surface area contributed by atoms with Crippen LogP contribution in [0.2, 0.25) is 5.02 Å². The molecule has 0 bridgehead atoms. The molecular formula is C25H30ClN3O3. The molecule has 170 valence electrons. The predicted octanol–water partition coefficient (Wildman–Crippen LogP) is 5.70. The number of carboxylic acids is 1. The van der Waals surface area contributed by atoms with Crippen molar-refractivity contribution in [3.8, 4) is 11.3 Å². The fourth-order valence-corrected chi connectivity index (χ4v) is 3.30. The molecule has 1 aromatic heterocycles. The molecule has 0 unspecified atom stereocenters. The first-order valence-electron chi connectivity index (χ1n) is 10.7. The predicted molar refractivity (Wildman–Crippen MR) is 128 cm³/mol. The molecule has 1 heterocycles. The van der Waals surface area contributed by atoms with Crippen LogP contribution in [-0.4, -0.2) is 33.0 Å². The highest BCUT2D eigenvalue weighted by Gasteiger charge is 2.28. The number of hydrogen-bond donors (Lipinski definition) is 2. The van der Waals surface area contributed by atoms with Gasteiger partial charge in [0.2, 0.25) is 0 Å². The summed E-state index contributed by atoms with van der Waals surface area (Å²) in [5.74, 6) is -0.483. The molecule has 0 radical (unpaired) electrons. The van der Waals surface area contributed by atoms with Gasteiger partial charge in [-0.05, 0) is 49.6 Å². The number of hydrogen-bond acceptors (Lipinski definition) is 4. The van der Waals surface area contributed by atoms with Gasteiger partial charge in [0.05, 0.1) is 24.5 Å². The van der Waals surface area contributed by atoms with Crippen LogP contribution in [0.15, 0.2) is 54.6 Å². The van der Waals surface area contributed by atoms with Crippen LogP contribution in [0, 0.1) is 5.92 Å². The molecule has 0 fully saturated rings. The number of aliphatic carboxylic acids is 1. The molecule has 2 N–H and O–H groups in total. The maximum atomic E-state index is 11.4. The molecule has 6 nitrogen and oxygen atoms in total. The molecule has 32 heavy (non-hydrogen) atoms. The van der Waals surface area contributed by atoms with Crippen LogP contribution >= 0.6 is 11.6 Å². The summed E-state index contributed by atoms with van der Waals surface area (Å²) in [5.41, 5.74) is 3.25. The first-order chi connectivity index (χ1) is 15.2. The summed E-state index contributed by atoms with van der Waals surface area (Å²) in [6.45, 7) is 8.85. The van der Waals surface area contributed by atoms with Gasteiger partial charge in [-0.2, -0.15) is 5.10 Å². The topological polar surface area (TPSA) is 76.4 Å². The Morgan fingerprint density at radius 3 is 2.62 bits per heavy atom. The molecule has 0 atom stereocenters. The van der Waals surface area contributed by atoms with Crippen LogP contribution in [0.25, 0.3) is 11.3 Å². The maximum absolute atomic E-state index is 11.4. The van der Waals surface area contributed by atoms with Gasteiger partial charge in [-0.15, -0.1) is 0 Å². The zero-order chi connectivity index (χ0) is 23.3. The zero-order valence-electron chi connectivity index (χ0n) is 18.9. The average Bonchev–Trinajstić information content (AvgIpc) is 3.15. The summed E-state index contributed by atoms with van der Waals surface area (Å²) >= 11 is 6.39. The highest BCUT2D eigenvalue weighted by Crippen LogP contribution is 2.27. The van der Waals surface area contributed by atoms with E-state index in [-0.39, 0.29) is 6.61 Å². The highest BCUT2D eigenvalue weighted by molar-refractivity contribution is 6.31. The number of nitrogens with one attached hydrogen (secondary N) is 1. The van der Waals surface area contributed by atoms with E-state index in [9.17, 15) is 9.90 Å². The first kappa shape index (κ1) is 23.8. The zero-order valence-corrected chi connectivity index (χ0v) is 19.7. The molecule has 3 rings (SSSR count). The van der Waals surface area contributed by atoms with Crippen molar-refractivity contribution in [2.45, 2.75) is 46.4 Å². The number of anilines is 1. The number of nitrogens with zero attached hydrogens (tertiary/aromatic N) is 2. The molecule has 0 amide bonds. The molecule has 3 aromatic rings. The summed E-state index contributed by atoms with van der Waals surface area (Å²) in [5, 5.41) is 18.2. The normalized spacial score (nSPS) is 11.7. The molecular weight excluding hydrogens is 426 g/mol. The van der Waals surface area contributed by atoms with Crippen molar-refractivity contribution >= 4 is 23.3 Å². The Labute approximate surface area is 194 Å². The van der Waals surface area contributed by atoms with Crippen molar-refractivity contribution in [3.63, 3.8) is 0 Å². The minimum Gasteiger partial charge on any atom is -0.479 e. The number of ether oxygens (including phenoxy) is 1. The third kappa shape index (κ3) is 6.11. The van der Waals surface area contributed by atoms with E-state index in [1.54, 1.807) is 0 Å². The highest BCUT2D eigenvalue weighted by atomic mass is 35.5. The minimum atomic E-state index is -1.30. The molecule has 0 aliphatic rings. The van der Waals surface area contributed by atoms with Gasteiger partial charge in [0.25, 0.3) is 0 Å². The number of benzene rings is 2. The second kappa shape index (κ2) is 10.2. The first-order valence-corrected chi connectivity index (χ1v) is 11.1. The van der Waals surface area contributed by atoms with Crippen molar-refractivity contribution < 1.29 is 14.6 Å². The van der Waals surface area contributed by atoms with E-state index in [2.05, 4.69) is 25.2 Å². The molecule has 0 saturated heterocycles. The Kier molecular flexibility index (Phi) is 7.59. The lowest BCUT2D eigenvalue weighted by atomic mass is 10.1. The fourth-order valence-electron chi connectivity index (χ4n) is 3.11. The molecule has 7 heteroatoms. The second-order valence-electron chi connectivity index (χ2n) is 8.73. The van der Waals surface area contributed by atoms with Gasteiger partial charge in [-0.1, -0.05) is 55.8 Å². The summed E-state index contributed by atoms with van der Waals surface area (Å²) in [7, 11) is 0. The molecule has 0 aliphatic heterocycles. The van der Waals surface area contributed by atoms with Gasteiger partial charge in [-0.25, -0.2) is 4.79 Å². The lowest BCUT2D eigenvalue weighted by Gasteiger charge is -2.19. The van der Waals surface area contributed by atoms with Crippen molar-refractivity contribution in [2.75, 3.05) is 11.9 Å². The number of aromatic nitrogens is 2. The van der Waals surface area contributed by atoms with E-state index in [0.717, 1.165) is 29.1 Å². The van der Waals surface area contributed by atoms with Crippen LogP contribution in [0.1, 0.15) is 39.0 Å². The minimum absolute atomic E-state index is 0.0904. The van der Waals surface area contributed by atoms with Crippen LogP contribution in [0.3, 0.4) is 0 Å². The third-order valence-corrected chi connectivity index (χ3v) is 5.45. The number of carboxylic acid groups (broad SMARTS) is 1. The lowest BCUT2D eigenvalue weighted by Crippen LogP contribution is -2.34. The number of carbonyl (C=O) groups is 1. The molecule has 0 saturated carbocycles. The van der Waals surface area contributed by atoms with Crippen molar-refractivity contribution in [1.82, 2.24) is 9.78 Å². The van der Waals surface area contributed by atoms with Crippen LogP contribution in [0.4, 0.5) is 5.69 Å². The van der Waals surface area contributed by atoms with Gasteiger partial charge in [0, 0.05) is 22.8 Å². The number of halogens is 1. The monoisotopic (exact) mass is 455 g/mol. The third-order valence-electron chi connectivity index (χ3n) is 5.08.